The number of methoxy groups -OCH3 is 1. The predicted octanol–water partition coefficient (Wildman–Crippen LogP) is 1.68. The minimum absolute atomic E-state index is 0.0835. The van der Waals surface area contributed by atoms with Gasteiger partial charge in [-0.1, -0.05) is 12.1 Å². The summed E-state index contributed by atoms with van der Waals surface area (Å²) in [5, 5.41) is 3.60. The molecule has 2 heterocycles. The van der Waals surface area contributed by atoms with E-state index in [1.54, 1.807) is 0 Å². The average Bonchev–Trinajstić information content (AvgIpc) is 3.10. The van der Waals surface area contributed by atoms with Crippen molar-refractivity contribution in [3.05, 3.63) is 48.4 Å². The van der Waals surface area contributed by atoms with E-state index in [1.165, 1.54) is 13.4 Å². The third kappa shape index (κ3) is 3.49. The van der Waals surface area contributed by atoms with Crippen LogP contribution in [0.4, 0.5) is 5.82 Å². The van der Waals surface area contributed by atoms with Gasteiger partial charge < -0.3 is 20.4 Å². The van der Waals surface area contributed by atoms with Crippen LogP contribution in [0.25, 0.3) is 16.7 Å². The highest BCUT2D eigenvalue weighted by atomic mass is 16.5. The van der Waals surface area contributed by atoms with Gasteiger partial charge in [0.2, 0.25) is 0 Å². The van der Waals surface area contributed by atoms with Gasteiger partial charge in [0.05, 0.1) is 12.5 Å². The Balaban J connectivity index is 1.73. The summed E-state index contributed by atoms with van der Waals surface area (Å²) in [7, 11) is 1.43. The van der Waals surface area contributed by atoms with Gasteiger partial charge in [-0.15, -0.1) is 0 Å². The Morgan fingerprint density at radius 1 is 1.27 bits per heavy atom. The molecule has 0 unspecified atom stereocenters. The van der Waals surface area contributed by atoms with Crippen LogP contribution < -0.4 is 11.1 Å². The smallest absolute Gasteiger partial charge is 0.306 e. The lowest BCUT2D eigenvalue weighted by atomic mass is 10.2. The summed E-state index contributed by atoms with van der Waals surface area (Å²) in [6.07, 6.45) is 3.35. The first-order valence-corrected chi connectivity index (χ1v) is 8.17. The summed E-state index contributed by atoms with van der Waals surface area (Å²) in [6.45, 7) is 2.71. The number of carbonyl (C=O) groups excluding carboxylic acids is 1. The number of nitrogen functional groups attached to an aromatic ring is 1. The van der Waals surface area contributed by atoms with Crippen LogP contribution >= 0.6 is 0 Å². The summed E-state index contributed by atoms with van der Waals surface area (Å²) in [4.78, 5) is 24.3. The van der Waals surface area contributed by atoms with E-state index in [-0.39, 0.29) is 11.8 Å². The number of benzene rings is 1. The molecule has 0 aliphatic carbocycles. The van der Waals surface area contributed by atoms with Gasteiger partial charge >= 0.3 is 5.91 Å². The third-order valence-corrected chi connectivity index (χ3v) is 3.87. The van der Waals surface area contributed by atoms with Crippen LogP contribution in [-0.4, -0.2) is 40.0 Å². The van der Waals surface area contributed by atoms with Crippen molar-refractivity contribution in [3.63, 3.8) is 0 Å². The predicted molar refractivity (Wildman–Crippen MR) is 100 cm³/mol. The van der Waals surface area contributed by atoms with Gasteiger partial charge in [0.1, 0.15) is 17.8 Å². The number of hydrogen-bond donors (Lipinski definition) is 2. The standard InChI is InChI=1S/C18H20N6O2/c1-3-20-18(26-2)17(25)21-10-12-4-6-13(7-5-12)24-9-8-14-15(19)22-11-23-16(14)24/h4-9,11H,3,10H2,1-2H3,(H,21,25)(H2,19,22,23)/b20-18-. The number of hydrogen-bond acceptors (Lipinski definition) is 6. The fourth-order valence-electron chi connectivity index (χ4n) is 2.58. The van der Waals surface area contributed by atoms with Gasteiger partial charge in [-0.05, 0) is 30.7 Å². The fourth-order valence-corrected chi connectivity index (χ4v) is 2.58. The van der Waals surface area contributed by atoms with Crippen LogP contribution in [0.3, 0.4) is 0 Å². The van der Waals surface area contributed by atoms with E-state index in [0.29, 0.717) is 18.9 Å². The molecule has 0 spiro atoms. The molecule has 0 fully saturated rings. The van der Waals surface area contributed by atoms with Crippen molar-refractivity contribution in [1.82, 2.24) is 19.9 Å². The van der Waals surface area contributed by atoms with Gasteiger partial charge in [-0.25, -0.2) is 15.0 Å². The zero-order valence-corrected chi connectivity index (χ0v) is 14.6. The van der Waals surface area contributed by atoms with E-state index in [1.807, 2.05) is 48.0 Å². The van der Waals surface area contributed by atoms with Gasteiger partial charge in [0.25, 0.3) is 5.90 Å². The number of aromatic nitrogens is 3. The van der Waals surface area contributed by atoms with Crippen molar-refractivity contribution in [2.24, 2.45) is 4.99 Å². The number of nitrogens with one attached hydrogen (secondary N) is 1. The zero-order chi connectivity index (χ0) is 18.5. The van der Waals surface area contributed by atoms with Crippen molar-refractivity contribution in [2.45, 2.75) is 13.5 Å². The Kier molecular flexibility index (Phi) is 5.12. The van der Waals surface area contributed by atoms with Crippen LogP contribution in [0, 0.1) is 0 Å². The molecule has 0 aliphatic heterocycles. The van der Waals surface area contributed by atoms with Crippen LogP contribution in [0.15, 0.2) is 47.8 Å². The Morgan fingerprint density at radius 2 is 2.04 bits per heavy atom. The summed E-state index contributed by atoms with van der Waals surface area (Å²) < 4.78 is 6.91. The van der Waals surface area contributed by atoms with Crippen molar-refractivity contribution < 1.29 is 9.53 Å². The van der Waals surface area contributed by atoms with E-state index < -0.39 is 0 Å². The number of carbonyl (C=O) groups is 1. The number of rotatable bonds is 4. The highest BCUT2D eigenvalue weighted by Gasteiger charge is 2.11. The Labute approximate surface area is 150 Å². The molecule has 0 atom stereocenters. The SMILES string of the molecule is CC/N=C(\OC)C(=O)NCc1ccc(-n2ccc3c(N)ncnc32)cc1. The van der Waals surface area contributed by atoms with Crippen molar-refractivity contribution in [2.75, 3.05) is 19.4 Å². The molecule has 8 nitrogen and oxygen atoms in total. The molecule has 0 saturated carbocycles. The summed E-state index contributed by atoms with van der Waals surface area (Å²) in [5.41, 5.74) is 8.52. The molecular formula is C18H20N6O2. The lowest BCUT2D eigenvalue weighted by Gasteiger charge is -2.09. The molecule has 26 heavy (non-hydrogen) atoms. The summed E-state index contributed by atoms with van der Waals surface area (Å²) in [5.74, 6) is 0.206. The summed E-state index contributed by atoms with van der Waals surface area (Å²) >= 11 is 0. The van der Waals surface area contributed by atoms with Crippen LogP contribution in [0.5, 0.6) is 0 Å². The second-order valence-corrected chi connectivity index (χ2v) is 5.51. The number of anilines is 1. The van der Waals surface area contributed by atoms with Crippen LogP contribution in [0.2, 0.25) is 0 Å². The topological polar surface area (TPSA) is 107 Å². The van der Waals surface area contributed by atoms with Crippen molar-refractivity contribution in [1.29, 1.82) is 0 Å². The van der Waals surface area contributed by atoms with E-state index in [9.17, 15) is 4.79 Å². The van der Waals surface area contributed by atoms with E-state index >= 15 is 0 Å². The van der Waals surface area contributed by atoms with Crippen molar-refractivity contribution in [3.8, 4) is 5.69 Å². The number of ether oxygens (including phenoxy) is 1. The molecule has 1 amide bonds. The minimum atomic E-state index is -0.331. The Bertz CT molecular complexity index is 946. The van der Waals surface area contributed by atoms with Gasteiger partial charge in [0.15, 0.2) is 0 Å². The first-order chi connectivity index (χ1) is 12.6. The molecule has 3 rings (SSSR count). The molecule has 8 heteroatoms. The maximum absolute atomic E-state index is 12.0. The molecule has 0 saturated heterocycles. The molecule has 0 bridgehead atoms. The maximum Gasteiger partial charge on any atom is 0.306 e. The zero-order valence-electron chi connectivity index (χ0n) is 14.6. The molecule has 1 aromatic carbocycles. The molecule has 0 aliphatic rings. The van der Waals surface area contributed by atoms with Gasteiger partial charge in [0, 0.05) is 25.0 Å². The first kappa shape index (κ1) is 17.4. The molecule has 3 N–H and O–H groups in total. The minimum Gasteiger partial charge on any atom is -0.477 e. The summed E-state index contributed by atoms with van der Waals surface area (Å²) in [6, 6.07) is 9.68. The molecule has 0 radical (unpaired) electrons. The maximum atomic E-state index is 12.0. The molecular weight excluding hydrogens is 332 g/mol. The monoisotopic (exact) mass is 352 g/mol. The Hall–Kier alpha value is -3.42. The number of nitrogens with zero attached hydrogens (tertiary/aromatic N) is 4. The number of nitrogens with two attached hydrogens (primary N) is 1. The molecule has 2 aromatic heterocycles. The number of fused-ring (bicyclic) bond motifs is 1. The van der Waals surface area contributed by atoms with Crippen LogP contribution in [-0.2, 0) is 16.1 Å². The molecule has 3 aromatic rings. The number of amides is 1. The quantitative estimate of drug-likeness (QED) is 0.549. The second kappa shape index (κ2) is 7.64. The lowest BCUT2D eigenvalue weighted by Crippen LogP contribution is -2.31. The van der Waals surface area contributed by atoms with Crippen LogP contribution in [0.1, 0.15) is 12.5 Å². The Morgan fingerprint density at radius 3 is 2.73 bits per heavy atom. The fraction of sp³-hybridized carbons (Fsp3) is 0.222. The first-order valence-electron chi connectivity index (χ1n) is 8.17. The van der Waals surface area contributed by atoms with E-state index in [0.717, 1.165) is 22.3 Å². The highest BCUT2D eigenvalue weighted by molar-refractivity contribution is 6.35. The number of aliphatic imine (C=N–C) groups is 1. The van der Waals surface area contributed by atoms with Gasteiger partial charge in [-0.2, -0.15) is 0 Å². The van der Waals surface area contributed by atoms with E-state index in [4.69, 9.17) is 10.5 Å². The largest absolute Gasteiger partial charge is 0.477 e. The third-order valence-electron chi connectivity index (χ3n) is 3.87. The van der Waals surface area contributed by atoms with E-state index in [2.05, 4.69) is 20.3 Å². The lowest BCUT2D eigenvalue weighted by molar-refractivity contribution is -0.116. The molecule has 134 valence electrons. The average molecular weight is 352 g/mol. The highest BCUT2D eigenvalue weighted by Crippen LogP contribution is 2.21. The van der Waals surface area contributed by atoms with Gasteiger partial charge in [-0.3, -0.25) is 4.79 Å². The van der Waals surface area contributed by atoms with Crippen molar-refractivity contribution >= 4 is 28.7 Å². The normalized spacial score (nSPS) is 11.5. The second-order valence-electron chi connectivity index (χ2n) is 5.51.